The lowest BCUT2D eigenvalue weighted by atomic mass is 10.0. The summed E-state index contributed by atoms with van der Waals surface area (Å²) in [6.07, 6.45) is 8.99. The molecule has 0 bridgehead atoms. The third-order valence-electron chi connectivity index (χ3n) is 3.01. The van der Waals surface area contributed by atoms with Crippen LogP contribution in [-0.4, -0.2) is 25.3 Å². The molecule has 0 saturated carbocycles. The molecule has 1 N–H and O–H groups in total. The third kappa shape index (κ3) is 5.66. The maximum Gasteiger partial charge on any atom is 0.0576 e. The van der Waals surface area contributed by atoms with Crippen LogP contribution in [0.2, 0.25) is 0 Å². The van der Waals surface area contributed by atoms with Crippen molar-refractivity contribution in [1.29, 1.82) is 0 Å². The Hall–Kier alpha value is -0.340. The number of nitrogens with one attached hydrogen (secondary N) is 1. The fraction of sp³-hybridized carbons (Fsp3) is 0.857. The van der Waals surface area contributed by atoms with E-state index in [4.69, 9.17) is 4.74 Å². The molecule has 1 saturated heterocycles. The van der Waals surface area contributed by atoms with E-state index in [2.05, 4.69) is 32.2 Å². The molecule has 0 amide bonds. The zero-order valence-electron chi connectivity index (χ0n) is 11.1. The summed E-state index contributed by atoms with van der Waals surface area (Å²) in [5.41, 5.74) is 1.40. The van der Waals surface area contributed by atoms with E-state index in [9.17, 15) is 0 Å². The molecule has 1 fully saturated rings. The van der Waals surface area contributed by atoms with Crippen LogP contribution in [0.3, 0.4) is 0 Å². The molecule has 1 aliphatic rings. The smallest absolute Gasteiger partial charge is 0.0576 e. The second kappa shape index (κ2) is 7.86. The predicted octanol–water partition coefficient (Wildman–Crippen LogP) is 3.28. The van der Waals surface area contributed by atoms with Crippen molar-refractivity contribution in [3.8, 4) is 0 Å². The van der Waals surface area contributed by atoms with Crippen LogP contribution in [0, 0.1) is 0 Å². The molecule has 1 aliphatic heterocycles. The minimum Gasteiger partial charge on any atom is -0.378 e. The molecule has 0 aromatic rings. The molecule has 0 aromatic heterocycles. The van der Waals surface area contributed by atoms with Gasteiger partial charge >= 0.3 is 0 Å². The van der Waals surface area contributed by atoms with Gasteiger partial charge in [0.25, 0.3) is 0 Å². The van der Waals surface area contributed by atoms with Gasteiger partial charge in [0.2, 0.25) is 0 Å². The second-order valence-electron chi connectivity index (χ2n) is 5.02. The molecule has 1 heterocycles. The van der Waals surface area contributed by atoms with Crippen molar-refractivity contribution in [2.24, 2.45) is 0 Å². The monoisotopic (exact) mass is 225 g/mol. The molecule has 0 aromatic carbocycles. The Bertz CT molecular complexity index is 203. The van der Waals surface area contributed by atoms with Gasteiger partial charge in [-0.25, -0.2) is 0 Å². The highest BCUT2D eigenvalue weighted by Gasteiger charge is 2.16. The molecular formula is C14H27NO. The molecule has 94 valence electrons. The van der Waals surface area contributed by atoms with Gasteiger partial charge in [-0.3, -0.25) is 0 Å². The Morgan fingerprint density at radius 1 is 1.50 bits per heavy atom. The average molecular weight is 225 g/mol. The Morgan fingerprint density at radius 2 is 2.31 bits per heavy atom. The summed E-state index contributed by atoms with van der Waals surface area (Å²) in [6, 6.07) is 0.536. The van der Waals surface area contributed by atoms with Gasteiger partial charge in [0.05, 0.1) is 6.10 Å². The van der Waals surface area contributed by atoms with Crippen molar-refractivity contribution in [2.75, 3.05) is 13.2 Å². The number of ether oxygens (including phenoxy) is 1. The summed E-state index contributed by atoms with van der Waals surface area (Å²) >= 11 is 0. The van der Waals surface area contributed by atoms with E-state index in [0.717, 1.165) is 13.2 Å². The highest BCUT2D eigenvalue weighted by Crippen LogP contribution is 2.18. The van der Waals surface area contributed by atoms with Crippen LogP contribution in [0.4, 0.5) is 0 Å². The average Bonchev–Trinajstić information content (AvgIpc) is 2.74. The first kappa shape index (κ1) is 13.7. The fourth-order valence-electron chi connectivity index (χ4n) is 2.21. The van der Waals surface area contributed by atoms with Crippen molar-refractivity contribution < 1.29 is 4.74 Å². The van der Waals surface area contributed by atoms with E-state index in [0.29, 0.717) is 12.1 Å². The van der Waals surface area contributed by atoms with Crippen LogP contribution >= 0.6 is 0 Å². The van der Waals surface area contributed by atoms with E-state index in [1.807, 2.05) is 0 Å². The normalized spacial score (nSPS) is 22.1. The lowest BCUT2D eigenvalue weighted by Crippen LogP contribution is -2.29. The van der Waals surface area contributed by atoms with E-state index in [1.54, 1.807) is 0 Å². The van der Waals surface area contributed by atoms with Crippen LogP contribution in [0.5, 0.6) is 0 Å². The molecule has 2 heteroatoms. The van der Waals surface area contributed by atoms with Gasteiger partial charge < -0.3 is 10.1 Å². The zero-order valence-corrected chi connectivity index (χ0v) is 11.1. The summed E-state index contributed by atoms with van der Waals surface area (Å²) in [7, 11) is 0. The maximum absolute atomic E-state index is 5.66. The van der Waals surface area contributed by atoms with Crippen molar-refractivity contribution >= 4 is 0 Å². The van der Waals surface area contributed by atoms with Gasteiger partial charge in [-0.15, -0.1) is 0 Å². The number of hydrogen-bond donors (Lipinski definition) is 1. The van der Waals surface area contributed by atoms with E-state index in [1.165, 1.54) is 37.7 Å². The first-order chi connectivity index (χ1) is 7.72. The van der Waals surface area contributed by atoms with Crippen LogP contribution in [0.15, 0.2) is 11.6 Å². The molecule has 2 unspecified atom stereocenters. The Kier molecular flexibility index (Phi) is 6.74. The minimum absolute atomic E-state index is 0.525. The molecule has 0 aliphatic carbocycles. The largest absolute Gasteiger partial charge is 0.378 e. The lowest BCUT2D eigenvalue weighted by molar-refractivity contribution is 0.101. The van der Waals surface area contributed by atoms with Crippen LogP contribution in [0.25, 0.3) is 0 Å². The Balaban J connectivity index is 2.27. The van der Waals surface area contributed by atoms with E-state index in [-0.39, 0.29) is 0 Å². The fourth-order valence-corrected chi connectivity index (χ4v) is 2.21. The van der Waals surface area contributed by atoms with Crippen molar-refractivity contribution in [3.63, 3.8) is 0 Å². The predicted molar refractivity (Wildman–Crippen MR) is 69.7 cm³/mol. The SMILES string of the molecule is CCCNC(C=C(C)C)CCC1CCCO1. The van der Waals surface area contributed by atoms with Crippen molar-refractivity contribution in [3.05, 3.63) is 11.6 Å². The molecule has 2 atom stereocenters. The van der Waals surface area contributed by atoms with Crippen molar-refractivity contribution in [2.45, 2.75) is 65.0 Å². The highest BCUT2D eigenvalue weighted by molar-refractivity contribution is 5.01. The van der Waals surface area contributed by atoms with Gasteiger partial charge in [-0.2, -0.15) is 0 Å². The number of hydrogen-bond acceptors (Lipinski definition) is 2. The van der Waals surface area contributed by atoms with Crippen LogP contribution in [-0.2, 0) is 4.74 Å². The molecular weight excluding hydrogens is 198 g/mol. The molecule has 0 radical (unpaired) electrons. The van der Waals surface area contributed by atoms with Gasteiger partial charge in [0.15, 0.2) is 0 Å². The summed E-state index contributed by atoms with van der Waals surface area (Å²) in [5.74, 6) is 0. The quantitative estimate of drug-likeness (QED) is 0.671. The van der Waals surface area contributed by atoms with E-state index >= 15 is 0 Å². The molecule has 0 spiro atoms. The summed E-state index contributed by atoms with van der Waals surface area (Å²) < 4.78 is 5.66. The topological polar surface area (TPSA) is 21.3 Å². The number of allylic oxidation sites excluding steroid dienone is 1. The van der Waals surface area contributed by atoms with Crippen molar-refractivity contribution in [1.82, 2.24) is 5.32 Å². The van der Waals surface area contributed by atoms with Gasteiger partial charge in [-0.05, 0) is 52.5 Å². The first-order valence-electron chi connectivity index (χ1n) is 6.72. The lowest BCUT2D eigenvalue weighted by Gasteiger charge is -2.17. The maximum atomic E-state index is 5.66. The third-order valence-corrected chi connectivity index (χ3v) is 3.01. The second-order valence-corrected chi connectivity index (χ2v) is 5.02. The summed E-state index contributed by atoms with van der Waals surface area (Å²) in [6.45, 7) is 8.65. The molecule has 16 heavy (non-hydrogen) atoms. The highest BCUT2D eigenvalue weighted by atomic mass is 16.5. The van der Waals surface area contributed by atoms with Gasteiger partial charge in [0.1, 0.15) is 0 Å². The first-order valence-corrected chi connectivity index (χ1v) is 6.72. The zero-order chi connectivity index (χ0) is 11.8. The minimum atomic E-state index is 0.525. The summed E-state index contributed by atoms with van der Waals surface area (Å²) in [5, 5.41) is 3.59. The number of rotatable bonds is 7. The van der Waals surface area contributed by atoms with Crippen LogP contribution < -0.4 is 5.32 Å². The molecule has 1 rings (SSSR count). The Morgan fingerprint density at radius 3 is 2.88 bits per heavy atom. The molecule has 2 nitrogen and oxygen atoms in total. The standard InChI is InChI=1S/C14H27NO/c1-4-9-15-13(11-12(2)3)7-8-14-6-5-10-16-14/h11,13-15H,4-10H2,1-3H3. The van der Waals surface area contributed by atoms with E-state index < -0.39 is 0 Å². The summed E-state index contributed by atoms with van der Waals surface area (Å²) in [4.78, 5) is 0. The van der Waals surface area contributed by atoms with Gasteiger partial charge in [0, 0.05) is 12.6 Å². The van der Waals surface area contributed by atoms with Crippen LogP contribution in [0.1, 0.15) is 52.9 Å². The van der Waals surface area contributed by atoms with Gasteiger partial charge in [-0.1, -0.05) is 18.6 Å². The Labute approximate surface area is 100 Å².